The van der Waals surface area contributed by atoms with Crippen molar-refractivity contribution in [2.75, 3.05) is 13.7 Å². The van der Waals surface area contributed by atoms with Crippen LogP contribution in [-0.4, -0.2) is 55.5 Å². The number of benzene rings is 4. The summed E-state index contributed by atoms with van der Waals surface area (Å²) in [5.74, 6) is -0.533. The van der Waals surface area contributed by atoms with E-state index in [1.54, 1.807) is 24.3 Å². The summed E-state index contributed by atoms with van der Waals surface area (Å²) in [7, 11) is 1.47. The van der Waals surface area contributed by atoms with Gasteiger partial charge in [0, 0.05) is 7.11 Å². The number of hydrogen-bond acceptors (Lipinski definition) is 7. The molecule has 0 aliphatic carbocycles. The molecule has 4 aromatic carbocycles. The Labute approximate surface area is 227 Å². The molecule has 2 unspecified atom stereocenters. The van der Waals surface area contributed by atoms with Crippen LogP contribution in [0.4, 0.5) is 0 Å². The largest absolute Gasteiger partial charge is 0.450 e. The minimum atomic E-state index is -0.965. The number of fused-ring (bicyclic) bond motifs is 1. The van der Waals surface area contributed by atoms with Gasteiger partial charge >= 0.3 is 5.97 Å². The van der Waals surface area contributed by atoms with Crippen LogP contribution in [0.5, 0.6) is 0 Å². The highest BCUT2D eigenvalue weighted by Gasteiger charge is 2.50. The molecule has 4 aromatic rings. The van der Waals surface area contributed by atoms with E-state index < -0.39 is 36.7 Å². The number of aliphatic hydroxyl groups excluding tert-OH is 1. The van der Waals surface area contributed by atoms with Crippen molar-refractivity contribution in [2.24, 2.45) is 0 Å². The first-order valence-electron chi connectivity index (χ1n) is 13.0. The molecule has 1 saturated heterocycles. The van der Waals surface area contributed by atoms with E-state index >= 15 is 0 Å². The van der Waals surface area contributed by atoms with Crippen molar-refractivity contribution in [1.29, 1.82) is 0 Å². The van der Waals surface area contributed by atoms with Crippen LogP contribution >= 0.6 is 0 Å². The number of aliphatic hydroxyl groups is 1. The summed E-state index contributed by atoms with van der Waals surface area (Å²) in [6.07, 6.45) is -4.20. The van der Waals surface area contributed by atoms with Gasteiger partial charge in [-0.3, -0.25) is 0 Å². The standard InChI is InChI=1S/C32H32O7/c1-35-32-30(39-31(34)25-13-6-3-7-14-25)29(37-21-23-16-17-24-12-8-9-15-26(24)18-23)28(27(19-33)38-32)36-20-22-10-4-2-5-11-22/h2-18,27-30,32-33H,19-21H2,1H3/t27?,28-,29-,30+,32?/m0/s1. The maximum atomic E-state index is 13.1. The Balaban J connectivity index is 1.43. The Morgan fingerprint density at radius 2 is 1.38 bits per heavy atom. The summed E-state index contributed by atoms with van der Waals surface area (Å²) in [4.78, 5) is 13.1. The van der Waals surface area contributed by atoms with Gasteiger partial charge < -0.3 is 28.8 Å². The Morgan fingerprint density at radius 3 is 2.10 bits per heavy atom. The highest BCUT2D eigenvalue weighted by atomic mass is 16.7. The molecule has 0 bridgehead atoms. The molecule has 1 heterocycles. The number of rotatable bonds is 10. The van der Waals surface area contributed by atoms with E-state index in [4.69, 9.17) is 23.7 Å². The van der Waals surface area contributed by atoms with Crippen LogP contribution in [0.25, 0.3) is 10.8 Å². The Bertz CT molecular complexity index is 1340. The first kappa shape index (κ1) is 27.0. The molecular weight excluding hydrogens is 496 g/mol. The van der Waals surface area contributed by atoms with Gasteiger partial charge in [0.15, 0.2) is 12.4 Å². The van der Waals surface area contributed by atoms with Gasteiger partial charge in [-0.15, -0.1) is 0 Å². The van der Waals surface area contributed by atoms with E-state index in [1.807, 2.05) is 66.7 Å². The summed E-state index contributed by atoms with van der Waals surface area (Å²) >= 11 is 0. The third-order valence-electron chi connectivity index (χ3n) is 6.80. The van der Waals surface area contributed by atoms with E-state index in [0.29, 0.717) is 5.56 Å². The molecule has 0 saturated carbocycles. The lowest BCUT2D eigenvalue weighted by Crippen LogP contribution is -2.61. The second-order valence-corrected chi connectivity index (χ2v) is 9.42. The van der Waals surface area contributed by atoms with Gasteiger partial charge in [0.2, 0.25) is 0 Å². The molecular formula is C32H32O7. The zero-order valence-electron chi connectivity index (χ0n) is 21.7. The highest BCUT2D eigenvalue weighted by Crippen LogP contribution is 2.31. The summed E-state index contributed by atoms with van der Waals surface area (Å²) in [5, 5.41) is 12.4. The molecule has 7 nitrogen and oxygen atoms in total. The van der Waals surface area contributed by atoms with E-state index in [2.05, 4.69) is 12.1 Å². The van der Waals surface area contributed by atoms with Crippen molar-refractivity contribution < 1.29 is 33.6 Å². The van der Waals surface area contributed by atoms with E-state index in [9.17, 15) is 9.90 Å². The molecule has 1 aliphatic rings. The number of methoxy groups -OCH3 is 1. The highest BCUT2D eigenvalue weighted by molar-refractivity contribution is 5.89. The molecule has 1 N–H and O–H groups in total. The molecule has 202 valence electrons. The monoisotopic (exact) mass is 528 g/mol. The number of carbonyl (C=O) groups excluding carboxylic acids is 1. The van der Waals surface area contributed by atoms with Crippen LogP contribution in [0.2, 0.25) is 0 Å². The van der Waals surface area contributed by atoms with Gasteiger partial charge in [0.25, 0.3) is 0 Å². The van der Waals surface area contributed by atoms with Crippen molar-refractivity contribution >= 4 is 16.7 Å². The minimum absolute atomic E-state index is 0.231. The first-order chi connectivity index (χ1) is 19.2. The van der Waals surface area contributed by atoms with Gasteiger partial charge in [0.05, 0.1) is 25.4 Å². The normalized spacial score (nSPS) is 23.0. The summed E-state index contributed by atoms with van der Waals surface area (Å²) in [6, 6.07) is 32.6. The van der Waals surface area contributed by atoms with Crippen molar-refractivity contribution in [2.45, 2.75) is 43.9 Å². The van der Waals surface area contributed by atoms with Crippen LogP contribution in [0.3, 0.4) is 0 Å². The fourth-order valence-electron chi connectivity index (χ4n) is 4.79. The van der Waals surface area contributed by atoms with Gasteiger partial charge in [-0.25, -0.2) is 4.79 Å². The first-order valence-corrected chi connectivity index (χ1v) is 13.0. The molecule has 39 heavy (non-hydrogen) atoms. The lowest BCUT2D eigenvalue weighted by molar-refractivity contribution is -0.310. The molecule has 7 heteroatoms. The fourth-order valence-corrected chi connectivity index (χ4v) is 4.79. The summed E-state index contributed by atoms with van der Waals surface area (Å²) in [6.45, 7) is 0.168. The fraction of sp³-hybridized carbons (Fsp3) is 0.281. The van der Waals surface area contributed by atoms with Gasteiger partial charge in [-0.05, 0) is 40.1 Å². The van der Waals surface area contributed by atoms with E-state index in [1.165, 1.54) is 7.11 Å². The third-order valence-corrected chi connectivity index (χ3v) is 6.80. The minimum Gasteiger partial charge on any atom is -0.450 e. The molecule has 0 aromatic heterocycles. The topological polar surface area (TPSA) is 83.5 Å². The average molecular weight is 529 g/mol. The van der Waals surface area contributed by atoms with Crippen LogP contribution in [0, 0.1) is 0 Å². The molecule has 0 radical (unpaired) electrons. The Kier molecular flexibility index (Phi) is 8.98. The van der Waals surface area contributed by atoms with Crippen LogP contribution in [0.1, 0.15) is 21.5 Å². The summed E-state index contributed by atoms with van der Waals surface area (Å²) in [5.41, 5.74) is 2.30. The number of esters is 1. The number of carbonyl (C=O) groups is 1. The molecule has 5 atom stereocenters. The molecule has 1 fully saturated rings. The van der Waals surface area contributed by atoms with Crippen LogP contribution in [-0.2, 0) is 36.9 Å². The predicted octanol–water partition coefficient (Wildman–Crippen LogP) is 4.90. The third kappa shape index (κ3) is 6.53. The van der Waals surface area contributed by atoms with Gasteiger partial charge in [-0.2, -0.15) is 0 Å². The molecule has 5 rings (SSSR count). The maximum Gasteiger partial charge on any atom is 0.338 e. The van der Waals surface area contributed by atoms with Gasteiger partial charge in [-0.1, -0.05) is 84.9 Å². The lowest BCUT2D eigenvalue weighted by atomic mass is 9.97. The van der Waals surface area contributed by atoms with E-state index in [-0.39, 0.29) is 19.8 Å². The second-order valence-electron chi connectivity index (χ2n) is 9.42. The second kappa shape index (κ2) is 13.0. The van der Waals surface area contributed by atoms with E-state index in [0.717, 1.165) is 21.9 Å². The van der Waals surface area contributed by atoms with Crippen molar-refractivity contribution in [3.63, 3.8) is 0 Å². The van der Waals surface area contributed by atoms with Crippen LogP contribution in [0.15, 0.2) is 103 Å². The lowest BCUT2D eigenvalue weighted by Gasteiger charge is -2.44. The maximum absolute atomic E-state index is 13.1. The zero-order valence-corrected chi connectivity index (χ0v) is 21.7. The SMILES string of the molecule is COC1OC(CO)[C@H](OCc2ccccc2)[C@H](OCc2ccc3ccccc3c2)[C@H]1OC(=O)c1ccccc1. The van der Waals surface area contributed by atoms with Gasteiger partial charge in [0.1, 0.15) is 18.3 Å². The van der Waals surface area contributed by atoms with Crippen molar-refractivity contribution in [1.82, 2.24) is 0 Å². The Morgan fingerprint density at radius 1 is 0.744 bits per heavy atom. The summed E-state index contributed by atoms with van der Waals surface area (Å²) < 4.78 is 30.3. The van der Waals surface area contributed by atoms with Crippen molar-refractivity contribution in [3.05, 3.63) is 120 Å². The smallest absolute Gasteiger partial charge is 0.338 e. The molecule has 0 amide bonds. The quantitative estimate of drug-likeness (QED) is 0.293. The van der Waals surface area contributed by atoms with Crippen LogP contribution < -0.4 is 0 Å². The predicted molar refractivity (Wildman–Crippen MR) is 146 cm³/mol. The van der Waals surface area contributed by atoms with Crippen molar-refractivity contribution in [3.8, 4) is 0 Å². The number of hydrogen-bond donors (Lipinski definition) is 1. The Hall–Kier alpha value is -3.59. The molecule has 1 aliphatic heterocycles. The number of ether oxygens (including phenoxy) is 5. The zero-order chi connectivity index (χ0) is 27.0. The average Bonchev–Trinajstić information content (AvgIpc) is 3.00. The molecule has 0 spiro atoms.